The van der Waals surface area contributed by atoms with Gasteiger partial charge in [0.15, 0.2) is 0 Å². The maximum absolute atomic E-state index is 12.6. The molecule has 1 fully saturated rings. The van der Waals surface area contributed by atoms with E-state index in [-0.39, 0.29) is 11.9 Å². The third kappa shape index (κ3) is 4.87. The fourth-order valence-corrected chi connectivity index (χ4v) is 3.38. The van der Waals surface area contributed by atoms with E-state index in [0.29, 0.717) is 5.92 Å². The first-order chi connectivity index (χ1) is 13.3. The summed E-state index contributed by atoms with van der Waals surface area (Å²) >= 11 is 0. The molecule has 0 aliphatic carbocycles. The number of aryl methyl sites for hydroxylation is 2. The molecule has 0 spiro atoms. The fourth-order valence-electron chi connectivity index (χ4n) is 3.38. The standard InChI is InChI=1S/C22H31N5O/c1-15(2)21-23-17(4)14-20(25-21)27-12-10-26(11-13-27)18(5)22(28)24-19-8-6-16(3)7-9-19/h6-9,14-15,18H,10-13H2,1-5H3,(H,24,28)/t18-/m0/s1. The van der Waals surface area contributed by atoms with Gasteiger partial charge in [0.25, 0.3) is 0 Å². The van der Waals surface area contributed by atoms with Gasteiger partial charge in [-0.3, -0.25) is 9.69 Å². The van der Waals surface area contributed by atoms with Crippen molar-refractivity contribution in [3.63, 3.8) is 0 Å². The number of nitrogens with one attached hydrogen (secondary N) is 1. The molecule has 1 aliphatic rings. The summed E-state index contributed by atoms with van der Waals surface area (Å²) < 4.78 is 0. The van der Waals surface area contributed by atoms with Gasteiger partial charge in [-0.15, -0.1) is 0 Å². The molecular formula is C22H31N5O. The van der Waals surface area contributed by atoms with Crippen LogP contribution in [0.25, 0.3) is 0 Å². The fraction of sp³-hybridized carbons (Fsp3) is 0.500. The monoisotopic (exact) mass is 381 g/mol. The predicted molar refractivity (Wildman–Crippen MR) is 114 cm³/mol. The number of piperazine rings is 1. The molecule has 6 nitrogen and oxygen atoms in total. The van der Waals surface area contributed by atoms with E-state index >= 15 is 0 Å². The van der Waals surface area contributed by atoms with Gasteiger partial charge in [-0.05, 0) is 32.9 Å². The molecule has 0 unspecified atom stereocenters. The second kappa shape index (κ2) is 8.69. The molecule has 1 N–H and O–H groups in total. The highest BCUT2D eigenvalue weighted by Crippen LogP contribution is 2.19. The quantitative estimate of drug-likeness (QED) is 0.860. The van der Waals surface area contributed by atoms with Crippen molar-refractivity contribution in [3.8, 4) is 0 Å². The number of hydrogen-bond acceptors (Lipinski definition) is 5. The lowest BCUT2D eigenvalue weighted by Gasteiger charge is -2.38. The minimum Gasteiger partial charge on any atom is -0.354 e. The molecule has 0 radical (unpaired) electrons. The van der Waals surface area contributed by atoms with Gasteiger partial charge < -0.3 is 10.2 Å². The van der Waals surface area contributed by atoms with Gasteiger partial charge in [-0.25, -0.2) is 9.97 Å². The smallest absolute Gasteiger partial charge is 0.241 e. The van der Waals surface area contributed by atoms with Gasteiger partial charge in [0, 0.05) is 49.5 Å². The largest absolute Gasteiger partial charge is 0.354 e. The highest BCUT2D eigenvalue weighted by molar-refractivity contribution is 5.94. The van der Waals surface area contributed by atoms with Crippen LogP contribution in [-0.4, -0.2) is 53.0 Å². The van der Waals surface area contributed by atoms with Crippen LogP contribution in [0.15, 0.2) is 30.3 Å². The number of hydrogen-bond donors (Lipinski definition) is 1. The van der Waals surface area contributed by atoms with E-state index < -0.39 is 0 Å². The maximum Gasteiger partial charge on any atom is 0.241 e. The van der Waals surface area contributed by atoms with Crippen molar-refractivity contribution in [2.24, 2.45) is 0 Å². The summed E-state index contributed by atoms with van der Waals surface area (Å²) in [4.78, 5) is 26.4. The Morgan fingerprint density at radius 1 is 1.00 bits per heavy atom. The van der Waals surface area contributed by atoms with Gasteiger partial charge in [0.2, 0.25) is 5.91 Å². The molecule has 1 aromatic heterocycles. The molecule has 2 heterocycles. The van der Waals surface area contributed by atoms with Crippen molar-refractivity contribution in [3.05, 3.63) is 47.4 Å². The highest BCUT2D eigenvalue weighted by atomic mass is 16.2. The number of aromatic nitrogens is 2. The third-order valence-corrected chi connectivity index (χ3v) is 5.26. The molecule has 1 saturated heterocycles. The molecule has 1 aromatic carbocycles. The molecule has 6 heteroatoms. The van der Waals surface area contributed by atoms with Gasteiger partial charge in [0.05, 0.1) is 6.04 Å². The summed E-state index contributed by atoms with van der Waals surface area (Å²) in [6.07, 6.45) is 0. The molecular weight excluding hydrogens is 350 g/mol. The topological polar surface area (TPSA) is 61.4 Å². The number of carbonyl (C=O) groups is 1. The van der Waals surface area contributed by atoms with Crippen LogP contribution in [0, 0.1) is 13.8 Å². The first-order valence-electron chi connectivity index (χ1n) is 10.1. The van der Waals surface area contributed by atoms with Crippen LogP contribution in [0.2, 0.25) is 0 Å². The van der Waals surface area contributed by atoms with E-state index in [0.717, 1.165) is 49.2 Å². The molecule has 1 amide bonds. The van der Waals surface area contributed by atoms with Crippen molar-refractivity contribution >= 4 is 17.4 Å². The van der Waals surface area contributed by atoms with E-state index in [1.165, 1.54) is 5.56 Å². The zero-order valence-electron chi connectivity index (χ0n) is 17.6. The van der Waals surface area contributed by atoms with Crippen LogP contribution < -0.4 is 10.2 Å². The SMILES string of the molecule is Cc1ccc(NC(=O)[C@H](C)N2CCN(c3cc(C)nc(C(C)C)n3)CC2)cc1. The van der Waals surface area contributed by atoms with Gasteiger partial charge in [-0.2, -0.15) is 0 Å². The van der Waals surface area contributed by atoms with Gasteiger partial charge >= 0.3 is 0 Å². The Hall–Kier alpha value is -2.47. The zero-order valence-corrected chi connectivity index (χ0v) is 17.6. The van der Waals surface area contributed by atoms with Crippen molar-refractivity contribution < 1.29 is 4.79 Å². The average molecular weight is 382 g/mol. The van der Waals surface area contributed by atoms with E-state index in [1.807, 2.05) is 45.0 Å². The van der Waals surface area contributed by atoms with E-state index in [2.05, 4.69) is 40.0 Å². The Kier molecular flexibility index (Phi) is 6.29. The third-order valence-electron chi connectivity index (χ3n) is 5.26. The summed E-state index contributed by atoms with van der Waals surface area (Å²) in [6, 6.07) is 9.79. The summed E-state index contributed by atoms with van der Waals surface area (Å²) in [7, 11) is 0. The Labute approximate surface area is 168 Å². The number of carbonyl (C=O) groups excluding carboxylic acids is 1. The zero-order chi connectivity index (χ0) is 20.3. The van der Waals surface area contributed by atoms with Gasteiger partial charge in [-0.1, -0.05) is 31.5 Å². The Bertz CT molecular complexity index is 810. The van der Waals surface area contributed by atoms with Crippen molar-refractivity contribution in [2.75, 3.05) is 36.4 Å². The lowest BCUT2D eigenvalue weighted by Crippen LogP contribution is -2.53. The molecule has 28 heavy (non-hydrogen) atoms. The Morgan fingerprint density at radius 3 is 2.25 bits per heavy atom. The summed E-state index contributed by atoms with van der Waals surface area (Å²) in [5.74, 6) is 2.23. The molecule has 1 aliphatic heterocycles. The maximum atomic E-state index is 12.6. The number of nitrogens with zero attached hydrogens (tertiary/aromatic N) is 4. The minimum atomic E-state index is -0.165. The summed E-state index contributed by atoms with van der Waals surface area (Å²) in [5.41, 5.74) is 3.03. The van der Waals surface area contributed by atoms with E-state index in [9.17, 15) is 4.79 Å². The minimum absolute atomic E-state index is 0.0391. The number of rotatable bonds is 5. The van der Waals surface area contributed by atoms with Crippen LogP contribution in [0.1, 0.15) is 43.8 Å². The first-order valence-corrected chi connectivity index (χ1v) is 10.1. The molecule has 2 aromatic rings. The molecule has 1 atom stereocenters. The van der Waals surface area contributed by atoms with Crippen LogP contribution in [0.5, 0.6) is 0 Å². The lowest BCUT2D eigenvalue weighted by atomic mass is 10.2. The second-order valence-electron chi connectivity index (χ2n) is 7.93. The van der Waals surface area contributed by atoms with Gasteiger partial charge in [0.1, 0.15) is 11.6 Å². The van der Waals surface area contributed by atoms with Crippen molar-refractivity contribution in [2.45, 2.75) is 46.6 Å². The van der Waals surface area contributed by atoms with Crippen LogP contribution in [0.3, 0.4) is 0 Å². The van der Waals surface area contributed by atoms with Crippen molar-refractivity contribution in [1.82, 2.24) is 14.9 Å². The Morgan fingerprint density at radius 2 is 1.64 bits per heavy atom. The lowest BCUT2D eigenvalue weighted by molar-refractivity contribution is -0.120. The second-order valence-corrected chi connectivity index (χ2v) is 7.93. The van der Waals surface area contributed by atoms with E-state index in [1.54, 1.807) is 0 Å². The Balaban J connectivity index is 1.58. The number of amides is 1. The van der Waals surface area contributed by atoms with Crippen LogP contribution in [-0.2, 0) is 4.79 Å². The summed E-state index contributed by atoms with van der Waals surface area (Å²) in [5, 5.41) is 3.02. The van der Waals surface area contributed by atoms with E-state index in [4.69, 9.17) is 4.98 Å². The van der Waals surface area contributed by atoms with Crippen molar-refractivity contribution in [1.29, 1.82) is 0 Å². The summed E-state index contributed by atoms with van der Waals surface area (Å²) in [6.45, 7) is 13.7. The average Bonchev–Trinajstić information content (AvgIpc) is 2.68. The van der Waals surface area contributed by atoms with Crippen LogP contribution in [0.4, 0.5) is 11.5 Å². The number of anilines is 2. The van der Waals surface area contributed by atoms with Crippen LogP contribution >= 0.6 is 0 Å². The number of benzene rings is 1. The first kappa shape index (κ1) is 20.3. The molecule has 150 valence electrons. The highest BCUT2D eigenvalue weighted by Gasteiger charge is 2.26. The normalized spacial score (nSPS) is 16.3. The molecule has 0 saturated carbocycles. The molecule has 3 rings (SSSR count). The molecule has 0 bridgehead atoms. The predicted octanol–water partition coefficient (Wildman–Crippen LogP) is 3.37.